The van der Waals surface area contributed by atoms with Crippen LogP contribution in [0.2, 0.25) is 0 Å². The number of aromatic nitrogens is 2. The molecule has 4 rings (SSSR count). The van der Waals surface area contributed by atoms with E-state index in [9.17, 15) is 4.79 Å². The Balaban J connectivity index is 1.19. The van der Waals surface area contributed by atoms with Crippen molar-refractivity contribution in [3.8, 4) is 34.6 Å². The Kier molecular flexibility index (Phi) is 5.46. The van der Waals surface area contributed by atoms with Crippen LogP contribution in [-0.2, 0) is 4.79 Å². The number of furan rings is 1. The second-order valence-electron chi connectivity index (χ2n) is 6.15. The molecular formula is C20H19N3O6. The fourth-order valence-corrected chi connectivity index (χ4v) is 2.63. The van der Waals surface area contributed by atoms with Gasteiger partial charge in [0.2, 0.25) is 12.7 Å². The Labute approximate surface area is 166 Å². The van der Waals surface area contributed by atoms with Crippen molar-refractivity contribution in [3.63, 3.8) is 0 Å². The lowest BCUT2D eigenvalue weighted by molar-refractivity contribution is -0.127. The van der Waals surface area contributed by atoms with Crippen LogP contribution in [0.1, 0.15) is 6.92 Å². The van der Waals surface area contributed by atoms with Gasteiger partial charge in [0.1, 0.15) is 18.1 Å². The summed E-state index contributed by atoms with van der Waals surface area (Å²) in [6.45, 7) is 2.40. The number of rotatable bonds is 8. The van der Waals surface area contributed by atoms with Gasteiger partial charge in [-0.05, 0) is 37.3 Å². The highest BCUT2D eigenvalue weighted by Gasteiger charge is 2.18. The first-order valence-electron chi connectivity index (χ1n) is 9.03. The molecule has 2 aromatic heterocycles. The Morgan fingerprint density at radius 2 is 2.07 bits per heavy atom. The van der Waals surface area contributed by atoms with Crippen LogP contribution in [0.5, 0.6) is 23.1 Å². The summed E-state index contributed by atoms with van der Waals surface area (Å²) in [6.07, 6.45) is 0.893. The van der Waals surface area contributed by atoms with Gasteiger partial charge in [-0.3, -0.25) is 4.79 Å². The van der Waals surface area contributed by atoms with Gasteiger partial charge in [0.15, 0.2) is 23.4 Å². The van der Waals surface area contributed by atoms with Crippen LogP contribution in [0.4, 0.5) is 0 Å². The van der Waals surface area contributed by atoms with Crippen LogP contribution in [-0.4, -0.2) is 42.2 Å². The number of nitrogens with zero attached hydrogens (tertiary/aromatic N) is 2. The van der Waals surface area contributed by atoms with Crippen molar-refractivity contribution < 1.29 is 28.2 Å². The molecule has 1 unspecified atom stereocenters. The van der Waals surface area contributed by atoms with Crippen LogP contribution < -0.4 is 24.3 Å². The summed E-state index contributed by atoms with van der Waals surface area (Å²) in [4.78, 5) is 12.2. The molecule has 3 aromatic rings. The normalized spacial score (nSPS) is 13.0. The third-order valence-corrected chi connectivity index (χ3v) is 4.09. The number of carbonyl (C=O) groups excluding carboxylic acids is 1. The van der Waals surface area contributed by atoms with E-state index in [2.05, 4.69) is 15.5 Å². The van der Waals surface area contributed by atoms with E-state index in [1.165, 1.54) is 0 Å². The summed E-state index contributed by atoms with van der Waals surface area (Å²) < 4.78 is 26.9. The minimum Gasteiger partial charge on any atom is -0.481 e. The molecule has 1 amide bonds. The van der Waals surface area contributed by atoms with Crippen molar-refractivity contribution in [2.24, 2.45) is 0 Å². The summed E-state index contributed by atoms with van der Waals surface area (Å²) in [7, 11) is 0. The maximum absolute atomic E-state index is 12.2. The number of carbonyl (C=O) groups is 1. The predicted molar refractivity (Wildman–Crippen MR) is 101 cm³/mol. The summed E-state index contributed by atoms with van der Waals surface area (Å²) >= 11 is 0. The molecule has 9 heteroatoms. The average Bonchev–Trinajstić information content (AvgIpc) is 3.43. The van der Waals surface area contributed by atoms with E-state index in [0.717, 1.165) is 0 Å². The van der Waals surface area contributed by atoms with Gasteiger partial charge in [-0.15, -0.1) is 10.2 Å². The summed E-state index contributed by atoms with van der Waals surface area (Å²) in [6, 6.07) is 12.2. The molecule has 3 heterocycles. The highest BCUT2D eigenvalue weighted by Crippen LogP contribution is 2.35. The molecule has 1 N–H and O–H groups in total. The number of amides is 1. The van der Waals surface area contributed by atoms with Crippen LogP contribution in [0, 0.1) is 0 Å². The summed E-state index contributed by atoms with van der Waals surface area (Å²) in [5.74, 6) is 2.52. The number of benzene rings is 1. The molecule has 1 aliphatic rings. The van der Waals surface area contributed by atoms with Crippen LogP contribution >= 0.6 is 0 Å². The Morgan fingerprint density at radius 1 is 1.17 bits per heavy atom. The lowest BCUT2D eigenvalue weighted by Gasteiger charge is -2.15. The SMILES string of the molecule is CC(Oc1ccc2c(c1)OCO2)C(=O)NCCOc1ccc(-c2ccco2)nn1. The molecule has 0 aliphatic carbocycles. The third-order valence-electron chi connectivity index (χ3n) is 4.09. The van der Waals surface area contributed by atoms with Crippen molar-refractivity contribution >= 4 is 5.91 Å². The summed E-state index contributed by atoms with van der Waals surface area (Å²) in [5.41, 5.74) is 0.616. The van der Waals surface area contributed by atoms with Gasteiger partial charge >= 0.3 is 0 Å². The van der Waals surface area contributed by atoms with E-state index in [0.29, 0.717) is 41.1 Å². The van der Waals surface area contributed by atoms with Crippen molar-refractivity contribution in [1.82, 2.24) is 15.5 Å². The smallest absolute Gasteiger partial charge is 0.260 e. The number of hydrogen-bond donors (Lipinski definition) is 1. The number of fused-ring (bicyclic) bond motifs is 1. The molecule has 29 heavy (non-hydrogen) atoms. The van der Waals surface area contributed by atoms with E-state index in [1.807, 2.05) is 0 Å². The van der Waals surface area contributed by atoms with Gasteiger partial charge in [0, 0.05) is 12.1 Å². The fourth-order valence-electron chi connectivity index (χ4n) is 2.63. The molecular weight excluding hydrogens is 378 g/mol. The highest BCUT2D eigenvalue weighted by molar-refractivity contribution is 5.80. The minimum absolute atomic E-state index is 0.185. The van der Waals surface area contributed by atoms with E-state index in [4.69, 9.17) is 23.4 Å². The Bertz CT molecular complexity index is 959. The maximum Gasteiger partial charge on any atom is 0.260 e. The number of ether oxygens (including phenoxy) is 4. The second-order valence-corrected chi connectivity index (χ2v) is 6.15. The minimum atomic E-state index is -0.678. The van der Waals surface area contributed by atoms with E-state index >= 15 is 0 Å². The van der Waals surface area contributed by atoms with Crippen LogP contribution in [0.15, 0.2) is 53.1 Å². The van der Waals surface area contributed by atoms with Crippen LogP contribution in [0.25, 0.3) is 11.5 Å². The summed E-state index contributed by atoms with van der Waals surface area (Å²) in [5, 5.41) is 10.8. The van der Waals surface area contributed by atoms with E-state index < -0.39 is 6.10 Å². The van der Waals surface area contributed by atoms with Gasteiger partial charge in [-0.2, -0.15) is 0 Å². The lowest BCUT2D eigenvalue weighted by atomic mass is 10.3. The molecule has 0 saturated heterocycles. The monoisotopic (exact) mass is 397 g/mol. The second kappa shape index (κ2) is 8.51. The zero-order valence-corrected chi connectivity index (χ0v) is 15.7. The van der Waals surface area contributed by atoms with E-state index in [1.54, 1.807) is 55.7 Å². The lowest BCUT2D eigenvalue weighted by Crippen LogP contribution is -2.38. The first kappa shape index (κ1) is 18.6. The maximum atomic E-state index is 12.2. The molecule has 0 fully saturated rings. The first-order chi connectivity index (χ1) is 14.2. The van der Waals surface area contributed by atoms with Crippen molar-refractivity contribution in [2.75, 3.05) is 19.9 Å². The van der Waals surface area contributed by atoms with Gasteiger partial charge in [-0.1, -0.05) is 0 Å². The molecule has 1 atom stereocenters. The molecule has 0 radical (unpaired) electrons. The zero-order chi connectivity index (χ0) is 20.1. The molecule has 9 nitrogen and oxygen atoms in total. The van der Waals surface area contributed by atoms with Gasteiger partial charge < -0.3 is 28.7 Å². The molecule has 0 spiro atoms. The first-order valence-corrected chi connectivity index (χ1v) is 9.03. The largest absolute Gasteiger partial charge is 0.481 e. The molecule has 150 valence electrons. The van der Waals surface area contributed by atoms with Crippen molar-refractivity contribution in [2.45, 2.75) is 13.0 Å². The quantitative estimate of drug-likeness (QED) is 0.578. The molecule has 1 aromatic carbocycles. The van der Waals surface area contributed by atoms with E-state index in [-0.39, 0.29) is 19.3 Å². The Hall–Kier alpha value is -3.75. The third kappa shape index (κ3) is 4.57. The Morgan fingerprint density at radius 3 is 2.86 bits per heavy atom. The van der Waals surface area contributed by atoms with Crippen LogP contribution in [0.3, 0.4) is 0 Å². The fraction of sp³-hybridized carbons (Fsp3) is 0.250. The molecule has 1 aliphatic heterocycles. The van der Waals surface area contributed by atoms with Gasteiger partial charge in [0.05, 0.1) is 12.8 Å². The average molecular weight is 397 g/mol. The predicted octanol–water partition coefficient (Wildman–Crippen LogP) is 2.43. The topological polar surface area (TPSA) is 105 Å². The van der Waals surface area contributed by atoms with Gasteiger partial charge in [0.25, 0.3) is 5.91 Å². The number of hydrogen-bond acceptors (Lipinski definition) is 8. The standard InChI is InChI=1S/C20H19N3O6/c1-13(29-14-4-6-17-18(11-14)28-12-27-17)20(24)21-8-10-26-19-7-5-15(22-23-19)16-3-2-9-25-16/h2-7,9,11,13H,8,10,12H2,1H3,(H,21,24). The van der Waals surface area contributed by atoms with Crippen molar-refractivity contribution in [1.29, 1.82) is 0 Å². The molecule has 0 saturated carbocycles. The number of nitrogens with one attached hydrogen (secondary N) is 1. The zero-order valence-electron chi connectivity index (χ0n) is 15.7. The highest BCUT2D eigenvalue weighted by atomic mass is 16.7. The molecule has 0 bridgehead atoms. The van der Waals surface area contributed by atoms with Gasteiger partial charge in [-0.25, -0.2) is 0 Å². The van der Waals surface area contributed by atoms with Crippen molar-refractivity contribution in [3.05, 3.63) is 48.7 Å².